The quantitative estimate of drug-likeness (QED) is 0.0422. The first-order valence-corrected chi connectivity index (χ1v) is 27.7. The molecule has 1 amide bonds. The zero-order valence-corrected chi connectivity index (χ0v) is 41.4. The van der Waals surface area contributed by atoms with Crippen LogP contribution in [0.2, 0.25) is 0 Å². The minimum absolute atomic E-state index is 0.0725. The molecule has 2 unspecified atom stereocenters. The number of amides is 1. The summed E-state index contributed by atoms with van der Waals surface area (Å²) in [4.78, 5) is 12.4. The van der Waals surface area contributed by atoms with E-state index in [9.17, 15) is 15.0 Å². The zero-order valence-electron chi connectivity index (χ0n) is 41.4. The number of aliphatic hydroxyl groups is 2. The van der Waals surface area contributed by atoms with Crippen LogP contribution >= 0.6 is 0 Å². The number of aliphatic hydroxyl groups excluding tert-OH is 2. The van der Waals surface area contributed by atoms with Crippen LogP contribution in [0.1, 0.15) is 303 Å². The summed E-state index contributed by atoms with van der Waals surface area (Å²) in [5, 5.41) is 23.1. The van der Waals surface area contributed by atoms with Crippen LogP contribution in [0.5, 0.6) is 0 Å². The van der Waals surface area contributed by atoms with E-state index in [1.807, 2.05) is 6.08 Å². The van der Waals surface area contributed by atoms with E-state index in [2.05, 4.69) is 43.5 Å². The second kappa shape index (κ2) is 53.0. The summed E-state index contributed by atoms with van der Waals surface area (Å²) in [5.41, 5.74) is 0. The van der Waals surface area contributed by atoms with Crippen molar-refractivity contribution in [3.63, 3.8) is 0 Å². The molecule has 2 atom stereocenters. The molecule has 0 aliphatic heterocycles. The van der Waals surface area contributed by atoms with Crippen LogP contribution in [-0.4, -0.2) is 34.9 Å². The molecule has 0 aromatic carbocycles. The van der Waals surface area contributed by atoms with Crippen LogP contribution in [0, 0.1) is 0 Å². The topological polar surface area (TPSA) is 69.6 Å². The number of rotatable bonds is 51. The average Bonchev–Trinajstić information content (AvgIpc) is 3.26. The fourth-order valence-corrected chi connectivity index (χ4v) is 8.60. The van der Waals surface area contributed by atoms with Gasteiger partial charge in [0.2, 0.25) is 5.91 Å². The van der Waals surface area contributed by atoms with Gasteiger partial charge < -0.3 is 15.5 Å². The van der Waals surface area contributed by atoms with Gasteiger partial charge in [0, 0.05) is 6.42 Å². The average molecular weight is 857 g/mol. The summed E-state index contributed by atoms with van der Waals surface area (Å²) >= 11 is 0. The van der Waals surface area contributed by atoms with Crippen LogP contribution in [0.3, 0.4) is 0 Å². The number of hydrogen-bond donors (Lipinski definition) is 3. The van der Waals surface area contributed by atoms with Crippen molar-refractivity contribution in [2.45, 2.75) is 315 Å². The third-order valence-electron chi connectivity index (χ3n) is 12.8. The highest BCUT2D eigenvalue weighted by Crippen LogP contribution is 2.17. The Morgan fingerprint density at radius 2 is 0.639 bits per heavy atom. The first-order valence-electron chi connectivity index (χ1n) is 27.7. The highest BCUT2D eigenvalue weighted by Gasteiger charge is 2.18. The summed E-state index contributed by atoms with van der Waals surface area (Å²) in [6.45, 7) is 4.33. The Balaban J connectivity index is 3.52. The molecule has 0 bridgehead atoms. The molecule has 61 heavy (non-hydrogen) atoms. The van der Waals surface area contributed by atoms with Crippen molar-refractivity contribution in [1.29, 1.82) is 0 Å². The molecule has 0 aliphatic rings. The van der Waals surface area contributed by atoms with Gasteiger partial charge in [0.15, 0.2) is 0 Å². The molecular weight excluding hydrogens is 747 g/mol. The maximum atomic E-state index is 12.4. The first kappa shape index (κ1) is 59.6. The van der Waals surface area contributed by atoms with Crippen molar-refractivity contribution in [3.05, 3.63) is 36.5 Å². The molecule has 3 N–H and O–H groups in total. The second-order valence-electron chi connectivity index (χ2n) is 19.0. The molecule has 0 heterocycles. The number of nitrogens with one attached hydrogen (secondary N) is 1. The molecule has 4 nitrogen and oxygen atoms in total. The number of carbonyl (C=O) groups is 1. The molecular formula is C57H109NO3. The fourth-order valence-electron chi connectivity index (χ4n) is 8.60. The van der Waals surface area contributed by atoms with Crippen molar-refractivity contribution in [1.82, 2.24) is 5.32 Å². The SMILES string of the molecule is CCCCCCCCCC/C=C\CCCCCCCCCCCC(=O)NC(CO)C(O)/C=C/CC/C=C/CCCCCCCCCCCCCCCCCCCCCCCC. The number of carbonyl (C=O) groups excluding carboxylic acids is 1. The maximum absolute atomic E-state index is 12.4. The number of unbranched alkanes of at least 4 members (excludes halogenated alkanes) is 40. The van der Waals surface area contributed by atoms with Gasteiger partial charge in [-0.2, -0.15) is 0 Å². The molecule has 4 heteroatoms. The number of hydrogen-bond acceptors (Lipinski definition) is 3. The normalized spacial score (nSPS) is 13.0. The van der Waals surface area contributed by atoms with Crippen molar-refractivity contribution in [3.8, 4) is 0 Å². The molecule has 0 rings (SSSR count). The van der Waals surface area contributed by atoms with Gasteiger partial charge in [0.25, 0.3) is 0 Å². The molecule has 0 fully saturated rings. The van der Waals surface area contributed by atoms with Crippen LogP contribution < -0.4 is 5.32 Å². The van der Waals surface area contributed by atoms with Crippen LogP contribution in [0.25, 0.3) is 0 Å². The van der Waals surface area contributed by atoms with E-state index in [1.165, 1.54) is 250 Å². The van der Waals surface area contributed by atoms with Gasteiger partial charge in [0.05, 0.1) is 18.8 Å². The van der Waals surface area contributed by atoms with Gasteiger partial charge in [-0.15, -0.1) is 0 Å². The highest BCUT2D eigenvalue weighted by molar-refractivity contribution is 5.76. The molecule has 0 radical (unpaired) electrons. The predicted molar refractivity (Wildman–Crippen MR) is 272 cm³/mol. The molecule has 0 spiro atoms. The lowest BCUT2D eigenvalue weighted by Crippen LogP contribution is -2.45. The monoisotopic (exact) mass is 856 g/mol. The largest absolute Gasteiger partial charge is 0.394 e. The zero-order chi connectivity index (χ0) is 44.2. The lowest BCUT2D eigenvalue weighted by atomic mass is 10.0. The highest BCUT2D eigenvalue weighted by atomic mass is 16.3. The lowest BCUT2D eigenvalue weighted by molar-refractivity contribution is -0.123. The maximum Gasteiger partial charge on any atom is 0.220 e. The van der Waals surface area contributed by atoms with E-state index in [1.54, 1.807) is 6.08 Å². The standard InChI is InChI=1S/C57H109NO3/c1-3-5-7-9-11-13-15-17-19-21-23-25-26-27-28-29-30-31-33-34-36-38-40-42-44-46-48-50-52-56(60)55(54-59)58-57(61)53-51-49-47-45-43-41-39-37-35-32-24-22-20-18-16-14-12-10-8-6-4-2/h22,24,42,44,50,52,55-56,59-60H,3-21,23,25-41,43,45-49,51,53-54H2,1-2H3,(H,58,61)/b24-22-,44-42+,52-50+. The minimum atomic E-state index is -0.863. The molecule has 0 aromatic rings. The lowest BCUT2D eigenvalue weighted by Gasteiger charge is -2.19. The van der Waals surface area contributed by atoms with E-state index in [-0.39, 0.29) is 12.5 Å². The summed E-state index contributed by atoms with van der Waals surface area (Å²) in [5.74, 6) is -0.0725. The van der Waals surface area contributed by atoms with E-state index in [0.29, 0.717) is 6.42 Å². The summed E-state index contributed by atoms with van der Waals surface area (Å²) in [6.07, 6.45) is 71.6. The van der Waals surface area contributed by atoms with Crippen molar-refractivity contribution >= 4 is 5.91 Å². The van der Waals surface area contributed by atoms with Crippen molar-refractivity contribution < 1.29 is 15.0 Å². The summed E-state index contributed by atoms with van der Waals surface area (Å²) in [7, 11) is 0. The van der Waals surface area contributed by atoms with Crippen molar-refractivity contribution in [2.24, 2.45) is 0 Å². The summed E-state index contributed by atoms with van der Waals surface area (Å²) in [6, 6.07) is -0.640. The third kappa shape index (κ3) is 49.5. The molecule has 360 valence electrons. The Bertz CT molecular complexity index is 928. The van der Waals surface area contributed by atoms with Crippen LogP contribution in [0.15, 0.2) is 36.5 Å². The van der Waals surface area contributed by atoms with Crippen molar-refractivity contribution in [2.75, 3.05) is 6.61 Å². The van der Waals surface area contributed by atoms with E-state index < -0.39 is 12.1 Å². The Kier molecular flexibility index (Phi) is 51.7. The van der Waals surface area contributed by atoms with Gasteiger partial charge in [-0.05, 0) is 57.8 Å². The van der Waals surface area contributed by atoms with E-state index in [4.69, 9.17) is 0 Å². The van der Waals surface area contributed by atoms with Gasteiger partial charge in [-0.1, -0.05) is 275 Å². The minimum Gasteiger partial charge on any atom is -0.394 e. The Labute approximate surface area is 382 Å². The van der Waals surface area contributed by atoms with E-state index in [0.717, 1.165) is 32.1 Å². The third-order valence-corrected chi connectivity index (χ3v) is 12.8. The van der Waals surface area contributed by atoms with E-state index >= 15 is 0 Å². The van der Waals surface area contributed by atoms with Gasteiger partial charge >= 0.3 is 0 Å². The predicted octanol–water partition coefficient (Wildman–Crippen LogP) is 18.1. The Hall–Kier alpha value is -1.39. The molecule has 0 saturated heterocycles. The smallest absolute Gasteiger partial charge is 0.220 e. The van der Waals surface area contributed by atoms with Gasteiger partial charge in [0.1, 0.15) is 0 Å². The molecule has 0 aliphatic carbocycles. The molecule has 0 aromatic heterocycles. The van der Waals surface area contributed by atoms with Crippen LogP contribution in [-0.2, 0) is 4.79 Å². The first-order chi connectivity index (χ1) is 30.2. The Morgan fingerprint density at radius 1 is 0.377 bits per heavy atom. The van der Waals surface area contributed by atoms with Gasteiger partial charge in [-0.25, -0.2) is 0 Å². The van der Waals surface area contributed by atoms with Gasteiger partial charge in [-0.3, -0.25) is 4.79 Å². The molecule has 0 saturated carbocycles. The summed E-state index contributed by atoms with van der Waals surface area (Å²) < 4.78 is 0. The fraction of sp³-hybridized carbons (Fsp3) is 0.877. The van der Waals surface area contributed by atoms with Crippen LogP contribution in [0.4, 0.5) is 0 Å². The second-order valence-corrected chi connectivity index (χ2v) is 19.0. The Morgan fingerprint density at radius 3 is 0.951 bits per heavy atom. The number of allylic oxidation sites excluding steroid dienone is 5.